The van der Waals surface area contributed by atoms with Crippen LogP contribution < -0.4 is 5.76 Å². The van der Waals surface area contributed by atoms with Gasteiger partial charge in [-0.25, -0.2) is 9.59 Å². The van der Waals surface area contributed by atoms with Gasteiger partial charge in [0.05, 0.1) is 11.6 Å². The number of ether oxygens (including phenoxy) is 1. The monoisotopic (exact) mass is 292 g/mol. The highest BCUT2D eigenvalue weighted by Crippen LogP contribution is 2.29. The fourth-order valence-corrected chi connectivity index (χ4v) is 2.28. The van der Waals surface area contributed by atoms with Crippen molar-refractivity contribution in [2.45, 2.75) is 6.92 Å². The molecule has 0 spiro atoms. The molecule has 0 fully saturated rings. The molecule has 0 amide bonds. The lowest BCUT2D eigenvalue weighted by molar-refractivity contribution is 0.153. The minimum atomic E-state index is -0.826. The zero-order chi connectivity index (χ0) is 14.3. The van der Waals surface area contributed by atoms with Crippen LogP contribution in [0.25, 0.3) is 22.0 Å². The van der Waals surface area contributed by atoms with Gasteiger partial charge < -0.3 is 9.15 Å². The minimum absolute atomic E-state index is 0.150. The Balaban J connectivity index is 2.43. The first-order valence-corrected chi connectivity index (χ1v) is 6.27. The quantitative estimate of drug-likeness (QED) is 0.689. The number of carbonyl (C=O) groups is 1. The van der Waals surface area contributed by atoms with Gasteiger partial charge in [-0.15, -0.1) is 0 Å². The van der Waals surface area contributed by atoms with Crippen molar-refractivity contribution in [2.24, 2.45) is 0 Å². The molecular formula is C13H9ClN2O4. The molecule has 3 aromatic rings. The topological polar surface area (TPSA) is 74.3 Å². The number of halogens is 1. The fourth-order valence-electron chi connectivity index (χ4n) is 2.02. The molecule has 0 saturated carbocycles. The zero-order valence-corrected chi connectivity index (χ0v) is 11.2. The summed E-state index contributed by atoms with van der Waals surface area (Å²) in [5, 5.41) is 1.02. The minimum Gasteiger partial charge on any atom is -0.449 e. The largest absolute Gasteiger partial charge is 0.449 e. The van der Waals surface area contributed by atoms with E-state index in [-0.39, 0.29) is 17.7 Å². The Kier molecular flexibility index (Phi) is 2.94. The molecule has 2 heterocycles. The number of aromatic nitrogens is 2. The molecule has 1 aromatic carbocycles. The van der Waals surface area contributed by atoms with Crippen LogP contribution in [0.15, 0.2) is 33.6 Å². The van der Waals surface area contributed by atoms with Crippen LogP contribution >= 0.6 is 11.6 Å². The van der Waals surface area contributed by atoms with Gasteiger partial charge in [0.1, 0.15) is 11.0 Å². The number of oxazole rings is 1. The van der Waals surface area contributed by atoms with Crippen molar-refractivity contribution in [2.75, 3.05) is 6.61 Å². The standard InChI is InChI=1S/C13H9ClN2O4/c1-2-19-12(17)16-9-6-8(14)7-4-3-5-15-10(7)11(9)20-13(16)18/h3-6H,2H2,1H3. The molecule has 6 nitrogen and oxygen atoms in total. The molecule has 20 heavy (non-hydrogen) atoms. The van der Waals surface area contributed by atoms with E-state index in [1.54, 1.807) is 25.3 Å². The number of rotatable bonds is 1. The molecule has 0 bridgehead atoms. The van der Waals surface area contributed by atoms with E-state index >= 15 is 0 Å². The van der Waals surface area contributed by atoms with E-state index in [0.29, 0.717) is 15.9 Å². The second-order valence-electron chi connectivity index (χ2n) is 4.01. The Morgan fingerprint density at radius 1 is 1.55 bits per heavy atom. The number of benzene rings is 1. The van der Waals surface area contributed by atoms with E-state index in [4.69, 9.17) is 20.8 Å². The lowest BCUT2D eigenvalue weighted by atomic mass is 10.2. The Hall–Kier alpha value is -2.34. The Labute approximate surface area is 117 Å². The molecule has 0 aliphatic carbocycles. The third-order valence-corrected chi connectivity index (χ3v) is 3.15. The van der Waals surface area contributed by atoms with Crippen molar-refractivity contribution in [1.82, 2.24) is 9.55 Å². The Morgan fingerprint density at radius 3 is 3.10 bits per heavy atom. The average molecular weight is 293 g/mol. The van der Waals surface area contributed by atoms with Crippen LogP contribution in [-0.2, 0) is 4.74 Å². The Morgan fingerprint density at radius 2 is 2.35 bits per heavy atom. The van der Waals surface area contributed by atoms with Crippen molar-refractivity contribution in [1.29, 1.82) is 0 Å². The third-order valence-electron chi connectivity index (χ3n) is 2.84. The molecule has 0 aliphatic heterocycles. The van der Waals surface area contributed by atoms with Crippen LogP contribution in [0.2, 0.25) is 5.02 Å². The molecule has 7 heteroatoms. The summed E-state index contributed by atoms with van der Waals surface area (Å²) in [7, 11) is 0. The second-order valence-corrected chi connectivity index (χ2v) is 4.42. The number of hydrogen-bond donors (Lipinski definition) is 0. The first-order valence-electron chi connectivity index (χ1n) is 5.89. The summed E-state index contributed by atoms with van der Waals surface area (Å²) >= 11 is 6.15. The van der Waals surface area contributed by atoms with E-state index in [2.05, 4.69) is 4.98 Å². The smallest absolute Gasteiger partial charge is 0.429 e. The van der Waals surface area contributed by atoms with E-state index in [1.807, 2.05) is 0 Å². The van der Waals surface area contributed by atoms with Crippen LogP contribution in [0, 0.1) is 0 Å². The van der Waals surface area contributed by atoms with Crippen LogP contribution in [0.4, 0.5) is 4.79 Å². The van der Waals surface area contributed by atoms with Gasteiger partial charge in [0, 0.05) is 11.6 Å². The summed E-state index contributed by atoms with van der Waals surface area (Å²) < 4.78 is 10.8. The first-order chi connectivity index (χ1) is 9.63. The summed E-state index contributed by atoms with van der Waals surface area (Å²) in [5.74, 6) is -0.826. The summed E-state index contributed by atoms with van der Waals surface area (Å²) in [6.45, 7) is 1.80. The maximum Gasteiger partial charge on any atom is 0.429 e. The lowest BCUT2D eigenvalue weighted by Crippen LogP contribution is -2.23. The van der Waals surface area contributed by atoms with E-state index in [0.717, 1.165) is 4.57 Å². The summed E-state index contributed by atoms with van der Waals surface area (Å²) in [6.07, 6.45) is 0.752. The molecule has 2 aromatic heterocycles. The third kappa shape index (κ3) is 1.77. The molecule has 102 valence electrons. The molecular weight excluding hydrogens is 284 g/mol. The highest BCUT2D eigenvalue weighted by Gasteiger charge is 2.20. The van der Waals surface area contributed by atoms with Gasteiger partial charge in [-0.05, 0) is 25.1 Å². The molecule has 0 atom stereocenters. The van der Waals surface area contributed by atoms with Crippen molar-refractivity contribution in [3.05, 3.63) is 40.0 Å². The van der Waals surface area contributed by atoms with Crippen LogP contribution in [0.5, 0.6) is 0 Å². The van der Waals surface area contributed by atoms with Crippen molar-refractivity contribution < 1.29 is 13.9 Å². The van der Waals surface area contributed by atoms with Crippen LogP contribution in [-0.4, -0.2) is 22.3 Å². The van der Waals surface area contributed by atoms with Gasteiger partial charge in [0.15, 0.2) is 5.58 Å². The van der Waals surface area contributed by atoms with Gasteiger partial charge in [-0.3, -0.25) is 4.98 Å². The van der Waals surface area contributed by atoms with Gasteiger partial charge in [-0.1, -0.05) is 11.6 Å². The van der Waals surface area contributed by atoms with Crippen LogP contribution in [0.3, 0.4) is 0 Å². The van der Waals surface area contributed by atoms with Gasteiger partial charge >= 0.3 is 11.8 Å². The zero-order valence-electron chi connectivity index (χ0n) is 10.4. The van der Waals surface area contributed by atoms with Crippen molar-refractivity contribution in [3.8, 4) is 0 Å². The number of carbonyl (C=O) groups excluding carboxylic acids is 1. The molecule has 0 N–H and O–H groups in total. The number of fused-ring (bicyclic) bond motifs is 3. The maximum absolute atomic E-state index is 11.8. The maximum atomic E-state index is 11.8. The molecule has 0 aliphatic rings. The number of pyridine rings is 1. The lowest BCUT2D eigenvalue weighted by Gasteiger charge is -2.03. The van der Waals surface area contributed by atoms with Gasteiger partial charge in [-0.2, -0.15) is 4.57 Å². The highest BCUT2D eigenvalue weighted by atomic mass is 35.5. The average Bonchev–Trinajstić information content (AvgIpc) is 2.76. The van der Waals surface area contributed by atoms with Crippen LogP contribution in [0.1, 0.15) is 6.92 Å². The summed E-state index contributed by atoms with van der Waals surface area (Å²) in [5.41, 5.74) is 0.878. The predicted octanol–water partition coefficient (Wildman–Crippen LogP) is 2.80. The number of nitrogens with zero attached hydrogens (tertiary/aromatic N) is 2. The molecule has 0 radical (unpaired) electrons. The normalized spacial score (nSPS) is 11.1. The molecule has 0 saturated heterocycles. The first kappa shape index (κ1) is 12.7. The number of hydrogen-bond acceptors (Lipinski definition) is 5. The van der Waals surface area contributed by atoms with Gasteiger partial charge in [0.2, 0.25) is 0 Å². The molecule has 3 rings (SSSR count). The fraction of sp³-hybridized carbons (Fsp3) is 0.154. The van der Waals surface area contributed by atoms with E-state index < -0.39 is 11.8 Å². The summed E-state index contributed by atoms with van der Waals surface area (Å²) in [4.78, 5) is 27.8. The summed E-state index contributed by atoms with van der Waals surface area (Å²) in [6, 6.07) is 4.97. The molecule has 0 unspecified atom stereocenters. The SMILES string of the molecule is CCOC(=O)n1c(=O)oc2c3ncccc3c(Cl)cc21. The highest BCUT2D eigenvalue weighted by molar-refractivity contribution is 6.37. The van der Waals surface area contributed by atoms with Crippen molar-refractivity contribution in [3.63, 3.8) is 0 Å². The van der Waals surface area contributed by atoms with E-state index in [9.17, 15) is 9.59 Å². The second kappa shape index (κ2) is 4.64. The van der Waals surface area contributed by atoms with Gasteiger partial charge in [0.25, 0.3) is 0 Å². The van der Waals surface area contributed by atoms with E-state index in [1.165, 1.54) is 6.07 Å². The van der Waals surface area contributed by atoms with Crippen molar-refractivity contribution >= 4 is 39.7 Å². The predicted molar refractivity (Wildman–Crippen MR) is 73.2 cm³/mol. The Bertz CT molecular complexity index is 881.